The van der Waals surface area contributed by atoms with Crippen LogP contribution in [-0.4, -0.2) is 37.4 Å². The smallest absolute Gasteiger partial charge is 0.204 e. The molecule has 2 heterocycles. The van der Waals surface area contributed by atoms with Gasteiger partial charge in [-0.2, -0.15) is 0 Å². The van der Waals surface area contributed by atoms with Crippen molar-refractivity contribution in [1.29, 1.82) is 0 Å². The van der Waals surface area contributed by atoms with E-state index in [9.17, 15) is 4.39 Å². The van der Waals surface area contributed by atoms with E-state index >= 15 is 0 Å². The molecule has 5 nitrogen and oxygen atoms in total. The van der Waals surface area contributed by atoms with E-state index in [0.29, 0.717) is 30.1 Å². The van der Waals surface area contributed by atoms with E-state index in [0.717, 1.165) is 42.5 Å². The molecule has 152 valence electrons. The fourth-order valence-electron chi connectivity index (χ4n) is 4.57. The van der Waals surface area contributed by atoms with Gasteiger partial charge in [-0.1, -0.05) is 6.07 Å². The summed E-state index contributed by atoms with van der Waals surface area (Å²) in [6.45, 7) is 1.24. The van der Waals surface area contributed by atoms with Crippen LogP contribution in [-0.2, 0) is 0 Å². The van der Waals surface area contributed by atoms with E-state index < -0.39 is 0 Å². The maximum Gasteiger partial charge on any atom is 0.204 e. The highest BCUT2D eigenvalue weighted by molar-refractivity contribution is 5.83. The van der Waals surface area contributed by atoms with Gasteiger partial charge in [0.2, 0.25) is 5.75 Å². The minimum atomic E-state index is -0.184. The Balaban J connectivity index is 1.20. The summed E-state index contributed by atoms with van der Waals surface area (Å²) in [4.78, 5) is 3.28. The molecule has 6 heteroatoms. The zero-order chi connectivity index (χ0) is 19.8. The van der Waals surface area contributed by atoms with Gasteiger partial charge in [-0.15, -0.1) is 0 Å². The molecule has 5 rings (SSSR count). The van der Waals surface area contributed by atoms with Crippen LogP contribution < -0.4 is 19.5 Å². The van der Waals surface area contributed by atoms with Gasteiger partial charge in [0.25, 0.3) is 0 Å². The number of aromatic nitrogens is 1. The topological polar surface area (TPSA) is 55.5 Å². The molecule has 3 atom stereocenters. The largest absolute Gasteiger partial charge is 0.493 e. The summed E-state index contributed by atoms with van der Waals surface area (Å²) in [7, 11) is 1.64. The normalized spacial score (nSPS) is 23.4. The third-order valence-electron chi connectivity index (χ3n) is 6.05. The predicted molar refractivity (Wildman–Crippen MR) is 110 cm³/mol. The summed E-state index contributed by atoms with van der Waals surface area (Å²) in [5, 5.41) is 4.64. The van der Waals surface area contributed by atoms with Crippen LogP contribution in [0.25, 0.3) is 10.9 Å². The van der Waals surface area contributed by atoms with Gasteiger partial charge in [0.1, 0.15) is 18.5 Å². The lowest BCUT2D eigenvalue weighted by Gasteiger charge is -2.28. The number of rotatable bonds is 5. The first-order chi connectivity index (χ1) is 14.2. The van der Waals surface area contributed by atoms with Crippen LogP contribution >= 0.6 is 0 Å². The lowest BCUT2D eigenvalue weighted by molar-refractivity contribution is 0.0844. The first-order valence-electron chi connectivity index (χ1n) is 10.2. The Morgan fingerprint density at radius 2 is 2.17 bits per heavy atom. The molecule has 0 amide bonds. The minimum Gasteiger partial charge on any atom is -0.493 e. The number of para-hydroxylation sites is 1. The molecule has 2 aromatic carbocycles. The molecule has 1 aromatic heterocycles. The number of aromatic amines is 1. The highest BCUT2D eigenvalue weighted by atomic mass is 19.1. The molecule has 29 heavy (non-hydrogen) atoms. The summed E-state index contributed by atoms with van der Waals surface area (Å²) in [5.41, 5.74) is 2.22. The molecule has 0 saturated heterocycles. The molecule has 3 aromatic rings. The van der Waals surface area contributed by atoms with Crippen LogP contribution in [0.2, 0.25) is 0 Å². The van der Waals surface area contributed by atoms with Gasteiger partial charge in [0, 0.05) is 29.7 Å². The molecule has 0 unspecified atom stereocenters. The van der Waals surface area contributed by atoms with Crippen molar-refractivity contribution < 1.29 is 18.6 Å². The maximum atomic E-state index is 13.7. The second-order valence-electron chi connectivity index (χ2n) is 7.89. The van der Waals surface area contributed by atoms with E-state index in [1.807, 2.05) is 30.5 Å². The van der Waals surface area contributed by atoms with Gasteiger partial charge >= 0.3 is 0 Å². The molecule has 1 aliphatic carbocycles. The number of halogens is 1. The number of benzene rings is 2. The van der Waals surface area contributed by atoms with Crippen LogP contribution in [0, 0.1) is 5.82 Å². The Morgan fingerprint density at radius 1 is 1.24 bits per heavy atom. The first-order valence-corrected chi connectivity index (χ1v) is 10.2. The molecule has 2 N–H and O–H groups in total. The Hall–Kier alpha value is -2.73. The minimum absolute atomic E-state index is 0.0555. The van der Waals surface area contributed by atoms with Gasteiger partial charge in [0.05, 0.1) is 7.11 Å². The number of methoxy groups -OCH3 is 1. The number of fused-ring (bicyclic) bond motifs is 2. The van der Waals surface area contributed by atoms with Crippen molar-refractivity contribution in [2.45, 2.75) is 37.3 Å². The second kappa shape index (κ2) is 7.59. The monoisotopic (exact) mass is 396 g/mol. The summed E-state index contributed by atoms with van der Waals surface area (Å²) in [5.74, 6) is 2.36. The van der Waals surface area contributed by atoms with Gasteiger partial charge < -0.3 is 24.5 Å². The summed E-state index contributed by atoms with van der Waals surface area (Å²) in [6.07, 6.45) is 5.22. The van der Waals surface area contributed by atoms with Crippen LogP contribution in [0.3, 0.4) is 0 Å². The first kappa shape index (κ1) is 18.3. The SMILES string of the molecule is COc1cccc2c1O[C@@H](CN[C@H]1CC[C@H](c3c[nH]c4ccc(F)cc34)C1)CO2. The number of hydrogen-bond donors (Lipinski definition) is 2. The Morgan fingerprint density at radius 3 is 3.07 bits per heavy atom. The van der Waals surface area contributed by atoms with Crippen molar-refractivity contribution in [3.63, 3.8) is 0 Å². The van der Waals surface area contributed by atoms with Crippen LogP contribution in [0.15, 0.2) is 42.6 Å². The third-order valence-corrected chi connectivity index (χ3v) is 6.05. The van der Waals surface area contributed by atoms with Crippen molar-refractivity contribution in [3.05, 3.63) is 54.0 Å². The molecule has 0 bridgehead atoms. The predicted octanol–water partition coefficient (Wildman–Crippen LogP) is 4.38. The molecular formula is C23H25FN2O3. The van der Waals surface area contributed by atoms with E-state index in [2.05, 4.69) is 10.3 Å². The van der Waals surface area contributed by atoms with Crippen molar-refractivity contribution >= 4 is 10.9 Å². The maximum absolute atomic E-state index is 13.7. The lowest BCUT2D eigenvalue weighted by Crippen LogP contribution is -2.41. The van der Waals surface area contributed by atoms with Crippen molar-refractivity contribution in [2.75, 3.05) is 20.3 Å². The van der Waals surface area contributed by atoms with Gasteiger partial charge in [-0.3, -0.25) is 0 Å². The summed E-state index contributed by atoms with van der Waals surface area (Å²) < 4.78 is 31.0. The van der Waals surface area contributed by atoms with Crippen molar-refractivity contribution in [1.82, 2.24) is 10.3 Å². The number of H-pyrrole nitrogens is 1. The molecule has 0 spiro atoms. The van der Waals surface area contributed by atoms with Crippen LogP contribution in [0.4, 0.5) is 4.39 Å². The third kappa shape index (κ3) is 3.53. The average molecular weight is 396 g/mol. The zero-order valence-corrected chi connectivity index (χ0v) is 16.4. The summed E-state index contributed by atoms with van der Waals surface area (Å²) in [6, 6.07) is 11.0. The van der Waals surface area contributed by atoms with E-state index in [-0.39, 0.29) is 11.9 Å². The summed E-state index contributed by atoms with van der Waals surface area (Å²) >= 11 is 0. The fourth-order valence-corrected chi connectivity index (χ4v) is 4.57. The van der Waals surface area contributed by atoms with Gasteiger partial charge in [-0.05, 0) is 61.1 Å². The average Bonchev–Trinajstić information content (AvgIpc) is 3.38. The fraction of sp³-hybridized carbons (Fsp3) is 0.391. The Labute approximate surface area is 169 Å². The highest BCUT2D eigenvalue weighted by Gasteiger charge is 2.29. The molecular weight excluding hydrogens is 371 g/mol. The van der Waals surface area contributed by atoms with Crippen LogP contribution in [0.1, 0.15) is 30.7 Å². The number of ether oxygens (including phenoxy) is 3. The standard InChI is InChI=1S/C23H25FN2O3/c1-27-21-3-2-4-22-23(21)29-17(13-28-22)11-25-16-7-5-14(9-16)19-12-26-20-8-6-15(24)10-18(19)20/h2-4,6,8,10,12,14,16-17,25-26H,5,7,9,11,13H2,1H3/t14-,16-,17-/m0/s1. The number of nitrogens with one attached hydrogen (secondary N) is 2. The van der Waals surface area contributed by atoms with Crippen molar-refractivity contribution in [3.8, 4) is 17.2 Å². The lowest BCUT2D eigenvalue weighted by atomic mass is 9.97. The second-order valence-corrected chi connectivity index (χ2v) is 7.89. The molecule has 0 radical (unpaired) electrons. The van der Waals surface area contributed by atoms with E-state index in [4.69, 9.17) is 14.2 Å². The quantitative estimate of drug-likeness (QED) is 0.672. The zero-order valence-electron chi connectivity index (χ0n) is 16.4. The van der Waals surface area contributed by atoms with Crippen LogP contribution in [0.5, 0.6) is 17.2 Å². The molecule has 1 fully saturated rings. The molecule has 2 aliphatic rings. The highest BCUT2D eigenvalue weighted by Crippen LogP contribution is 2.41. The van der Waals surface area contributed by atoms with Gasteiger partial charge in [0.15, 0.2) is 11.5 Å². The Kier molecular flexibility index (Phi) is 4.79. The van der Waals surface area contributed by atoms with E-state index in [1.165, 1.54) is 11.6 Å². The van der Waals surface area contributed by atoms with Gasteiger partial charge in [-0.25, -0.2) is 4.39 Å². The van der Waals surface area contributed by atoms with E-state index in [1.54, 1.807) is 13.2 Å². The molecule has 1 saturated carbocycles. The number of hydrogen-bond acceptors (Lipinski definition) is 4. The Bertz CT molecular complexity index is 1000. The molecule has 1 aliphatic heterocycles. The van der Waals surface area contributed by atoms with Crippen molar-refractivity contribution in [2.24, 2.45) is 0 Å².